The zero-order valence-electron chi connectivity index (χ0n) is 11.7. The van der Waals surface area contributed by atoms with Gasteiger partial charge in [-0.15, -0.1) is 0 Å². The summed E-state index contributed by atoms with van der Waals surface area (Å²) in [6, 6.07) is 1.44. The topological polar surface area (TPSA) is 80.1 Å². The number of aliphatic hydroxyl groups is 1. The Kier molecular flexibility index (Phi) is 3.20. The fourth-order valence-electron chi connectivity index (χ4n) is 3.30. The monoisotopic (exact) mass is 293 g/mol. The Hall–Kier alpha value is -1.44. The molecule has 0 aromatic carbocycles. The molecule has 0 aliphatic carbocycles. The van der Waals surface area contributed by atoms with Crippen molar-refractivity contribution in [2.45, 2.75) is 43.8 Å². The van der Waals surface area contributed by atoms with Crippen molar-refractivity contribution in [2.24, 2.45) is 0 Å². The van der Waals surface area contributed by atoms with Crippen molar-refractivity contribution in [1.82, 2.24) is 9.55 Å². The minimum atomic E-state index is -0.308. The van der Waals surface area contributed by atoms with Crippen LogP contribution in [0.4, 0.5) is 5.95 Å². The zero-order chi connectivity index (χ0) is 14.4. The van der Waals surface area contributed by atoms with E-state index in [1.165, 1.54) is 12.5 Å². The Morgan fingerprint density at radius 3 is 2.76 bits per heavy atom. The molecule has 4 heterocycles. The summed E-state index contributed by atoms with van der Waals surface area (Å²) in [5, 5.41) is 9.30. The first kappa shape index (κ1) is 13.2. The van der Waals surface area contributed by atoms with Crippen LogP contribution in [0.5, 0.6) is 0 Å². The van der Waals surface area contributed by atoms with Gasteiger partial charge in [0.2, 0.25) is 5.95 Å². The molecule has 3 aliphatic rings. The summed E-state index contributed by atoms with van der Waals surface area (Å²) < 4.78 is 13.3. The minimum absolute atomic E-state index is 0.0337. The Morgan fingerprint density at radius 2 is 2.05 bits per heavy atom. The van der Waals surface area contributed by atoms with E-state index in [4.69, 9.17) is 9.47 Å². The highest BCUT2D eigenvalue weighted by Gasteiger charge is 2.59. The predicted molar refractivity (Wildman–Crippen MR) is 74.2 cm³/mol. The number of epoxide rings is 1. The number of nitrogens with zero attached hydrogens (tertiary/aromatic N) is 3. The lowest BCUT2D eigenvalue weighted by Gasteiger charge is -2.31. The molecule has 0 radical (unpaired) electrons. The fraction of sp³-hybridized carbons (Fsp3) is 0.714. The number of ether oxygens (including phenoxy) is 2. The fourth-order valence-corrected chi connectivity index (χ4v) is 3.30. The summed E-state index contributed by atoms with van der Waals surface area (Å²) in [6.45, 7) is 1.76. The maximum atomic E-state index is 11.6. The second-order valence-electron chi connectivity index (χ2n) is 5.83. The van der Waals surface area contributed by atoms with Crippen LogP contribution in [0, 0.1) is 0 Å². The van der Waals surface area contributed by atoms with Crippen molar-refractivity contribution in [3.05, 3.63) is 22.6 Å². The summed E-state index contributed by atoms with van der Waals surface area (Å²) in [6.07, 6.45) is 4.49. The lowest BCUT2D eigenvalue weighted by molar-refractivity contribution is -0.0837. The Labute approximate surface area is 122 Å². The van der Waals surface area contributed by atoms with Crippen molar-refractivity contribution < 1.29 is 14.6 Å². The third-order valence-electron chi connectivity index (χ3n) is 4.44. The molecular formula is C14H19N3O4. The molecule has 0 saturated carbocycles. The molecule has 1 aromatic rings. The standard InChI is InChI=1S/C14H19N3O4/c18-8-9-11-12(21-11)13(20-9)17-7-4-10(19)15-14(17)16-5-2-1-3-6-16/h4,7,9,11-13,18H,1-3,5-6,8H2/t9-,11+,12+,13-/m1/s1. The minimum Gasteiger partial charge on any atom is -0.394 e. The molecule has 4 atom stereocenters. The van der Waals surface area contributed by atoms with E-state index in [-0.39, 0.29) is 36.7 Å². The van der Waals surface area contributed by atoms with Crippen LogP contribution in [0.1, 0.15) is 25.5 Å². The van der Waals surface area contributed by atoms with E-state index < -0.39 is 0 Å². The number of piperidine rings is 1. The van der Waals surface area contributed by atoms with E-state index in [0.717, 1.165) is 25.9 Å². The summed E-state index contributed by atoms with van der Waals surface area (Å²) >= 11 is 0. The van der Waals surface area contributed by atoms with Crippen LogP contribution in [0.25, 0.3) is 0 Å². The van der Waals surface area contributed by atoms with E-state index in [0.29, 0.717) is 5.95 Å². The molecule has 0 unspecified atom stereocenters. The third-order valence-corrected chi connectivity index (χ3v) is 4.44. The summed E-state index contributed by atoms with van der Waals surface area (Å²) in [7, 11) is 0. The molecule has 3 saturated heterocycles. The van der Waals surface area contributed by atoms with Gasteiger partial charge in [0.1, 0.15) is 18.3 Å². The van der Waals surface area contributed by atoms with Crippen LogP contribution in [0.3, 0.4) is 0 Å². The molecule has 1 aromatic heterocycles. The first-order valence-corrected chi connectivity index (χ1v) is 7.54. The second kappa shape index (κ2) is 5.08. The van der Waals surface area contributed by atoms with E-state index in [1.54, 1.807) is 6.20 Å². The largest absolute Gasteiger partial charge is 0.394 e. The third kappa shape index (κ3) is 2.25. The normalized spacial score (nSPS) is 34.8. The number of aliphatic hydroxyl groups excluding tert-OH is 1. The van der Waals surface area contributed by atoms with Gasteiger partial charge in [-0.1, -0.05) is 0 Å². The van der Waals surface area contributed by atoms with Crippen molar-refractivity contribution in [3.8, 4) is 0 Å². The van der Waals surface area contributed by atoms with Gasteiger partial charge >= 0.3 is 0 Å². The zero-order valence-corrected chi connectivity index (χ0v) is 11.7. The first-order chi connectivity index (χ1) is 10.3. The molecule has 0 bridgehead atoms. The maximum absolute atomic E-state index is 11.6. The average Bonchev–Trinajstić information content (AvgIpc) is 3.23. The van der Waals surface area contributed by atoms with Crippen LogP contribution in [0.2, 0.25) is 0 Å². The van der Waals surface area contributed by atoms with Gasteiger partial charge in [-0.2, -0.15) is 4.98 Å². The van der Waals surface area contributed by atoms with Crippen molar-refractivity contribution in [2.75, 3.05) is 24.6 Å². The van der Waals surface area contributed by atoms with Gasteiger partial charge in [0.25, 0.3) is 5.56 Å². The van der Waals surface area contributed by atoms with Crippen molar-refractivity contribution >= 4 is 5.95 Å². The smallest absolute Gasteiger partial charge is 0.274 e. The van der Waals surface area contributed by atoms with Crippen LogP contribution in [-0.2, 0) is 9.47 Å². The lowest BCUT2D eigenvalue weighted by atomic mass is 10.1. The number of hydrogen-bond acceptors (Lipinski definition) is 6. The van der Waals surface area contributed by atoms with Gasteiger partial charge in [0.15, 0.2) is 6.23 Å². The Balaban J connectivity index is 1.67. The SMILES string of the molecule is O=c1ccn([C@@H]2O[C@H](CO)[C@@H]3O[C@@H]32)c(N2CCCCC2)n1. The predicted octanol–water partition coefficient (Wildman–Crippen LogP) is -0.109. The van der Waals surface area contributed by atoms with E-state index >= 15 is 0 Å². The quantitative estimate of drug-likeness (QED) is 0.783. The van der Waals surface area contributed by atoms with E-state index in [9.17, 15) is 9.90 Å². The van der Waals surface area contributed by atoms with Gasteiger partial charge in [0.05, 0.1) is 6.61 Å². The summed E-state index contributed by atoms with van der Waals surface area (Å²) in [5.74, 6) is 0.653. The molecule has 4 rings (SSSR count). The summed E-state index contributed by atoms with van der Waals surface area (Å²) in [5.41, 5.74) is -0.239. The molecular weight excluding hydrogens is 274 g/mol. The summed E-state index contributed by atoms with van der Waals surface area (Å²) in [4.78, 5) is 18.0. The average molecular weight is 293 g/mol. The molecule has 3 fully saturated rings. The molecule has 7 heteroatoms. The number of hydrogen-bond donors (Lipinski definition) is 1. The van der Waals surface area contributed by atoms with Crippen molar-refractivity contribution in [1.29, 1.82) is 0 Å². The highest BCUT2D eigenvalue weighted by atomic mass is 16.7. The van der Waals surface area contributed by atoms with Crippen LogP contribution in [-0.4, -0.2) is 52.7 Å². The molecule has 114 valence electrons. The van der Waals surface area contributed by atoms with Gasteiger partial charge < -0.3 is 19.5 Å². The van der Waals surface area contributed by atoms with Gasteiger partial charge in [-0.05, 0) is 19.3 Å². The number of fused-ring (bicyclic) bond motifs is 1. The molecule has 3 aliphatic heterocycles. The van der Waals surface area contributed by atoms with E-state index in [2.05, 4.69) is 9.88 Å². The lowest BCUT2D eigenvalue weighted by Crippen LogP contribution is -2.36. The van der Waals surface area contributed by atoms with Crippen LogP contribution < -0.4 is 10.5 Å². The van der Waals surface area contributed by atoms with Gasteiger partial charge in [-0.3, -0.25) is 9.36 Å². The van der Waals surface area contributed by atoms with Crippen LogP contribution in [0.15, 0.2) is 17.1 Å². The van der Waals surface area contributed by atoms with Gasteiger partial charge in [0, 0.05) is 25.4 Å². The second-order valence-corrected chi connectivity index (χ2v) is 5.83. The number of rotatable bonds is 3. The molecule has 1 N–H and O–H groups in total. The molecule has 0 amide bonds. The highest BCUT2D eigenvalue weighted by molar-refractivity contribution is 5.32. The van der Waals surface area contributed by atoms with Gasteiger partial charge in [-0.25, -0.2) is 0 Å². The molecule has 0 spiro atoms. The number of aromatic nitrogens is 2. The van der Waals surface area contributed by atoms with Crippen LogP contribution >= 0.6 is 0 Å². The highest BCUT2D eigenvalue weighted by Crippen LogP contribution is 2.45. The Morgan fingerprint density at radius 1 is 1.24 bits per heavy atom. The maximum Gasteiger partial charge on any atom is 0.274 e. The number of anilines is 1. The van der Waals surface area contributed by atoms with E-state index in [1.807, 2.05) is 4.57 Å². The van der Waals surface area contributed by atoms with Crippen molar-refractivity contribution in [3.63, 3.8) is 0 Å². The molecule has 7 nitrogen and oxygen atoms in total. The Bertz CT molecular complexity index is 584. The first-order valence-electron chi connectivity index (χ1n) is 7.54. The molecule has 21 heavy (non-hydrogen) atoms.